The first-order valence-electron chi connectivity index (χ1n) is 23.8. The summed E-state index contributed by atoms with van der Waals surface area (Å²) in [5.41, 5.74) is 20.0. The molecule has 0 aliphatic rings. The number of hydrogen-bond donors (Lipinski definition) is 1. The van der Waals surface area contributed by atoms with Gasteiger partial charge in [-0.1, -0.05) is 178 Å². The van der Waals surface area contributed by atoms with E-state index in [1.807, 2.05) is 6.20 Å². The average Bonchev–Trinajstić information content (AvgIpc) is 3.71. The van der Waals surface area contributed by atoms with E-state index in [0.717, 1.165) is 83.6 Å². The van der Waals surface area contributed by atoms with Crippen LogP contribution in [0.4, 0.5) is 0 Å². The van der Waals surface area contributed by atoms with E-state index >= 15 is 0 Å². The van der Waals surface area contributed by atoms with Gasteiger partial charge < -0.3 is 5.11 Å². The number of phenols is 1. The molecule has 0 amide bonds. The molecule has 0 atom stereocenters. The van der Waals surface area contributed by atoms with E-state index in [2.05, 4.69) is 238 Å². The van der Waals surface area contributed by atoms with Crippen LogP contribution in [0.1, 0.15) is 109 Å². The summed E-state index contributed by atoms with van der Waals surface area (Å²) in [5, 5.41) is 12.5. The molecule has 0 fully saturated rings. The summed E-state index contributed by atoms with van der Waals surface area (Å²) in [5.74, 6) is 1.31. The van der Waals surface area contributed by atoms with Crippen LogP contribution < -0.4 is 0 Å². The van der Waals surface area contributed by atoms with E-state index in [0.29, 0.717) is 5.82 Å². The maximum Gasteiger partial charge on any atom is 0.149 e. The highest BCUT2D eigenvalue weighted by Gasteiger charge is 2.27. The van der Waals surface area contributed by atoms with Crippen molar-refractivity contribution in [1.29, 1.82) is 0 Å². The van der Waals surface area contributed by atoms with Crippen molar-refractivity contribution in [2.45, 2.75) is 98.8 Å². The predicted octanol–water partition coefficient (Wildman–Crippen LogP) is 17.3. The lowest BCUT2D eigenvalue weighted by atomic mass is 9.83. The molecule has 9 rings (SSSR count). The molecule has 0 aliphatic carbocycles. The molecule has 9 aromatic rings. The molecular formula is C63H63N3O. The molecule has 0 aliphatic heterocycles. The first kappa shape index (κ1) is 45.1. The van der Waals surface area contributed by atoms with Gasteiger partial charge in [0, 0.05) is 22.9 Å². The Hall–Kier alpha value is -7.04. The van der Waals surface area contributed by atoms with Gasteiger partial charge in [-0.15, -0.1) is 0 Å². The molecule has 0 unspecified atom stereocenters. The summed E-state index contributed by atoms with van der Waals surface area (Å²) in [4.78, 5) is 10.7. The quantitative estimate of drug-likeness (QED) is 0.157. The first-order chi connectivity index (χ1) is 32.0. The zero-order valence-electron chi connectivity index (χ0n) is 41.0. The number of pyridine rings is 1. The SMILES string of the molecule is Cc1cc(-n2c(-c3cc(C(C)C)cc(C(C)C)c3O)nc3c(-c4cc(-c5cc(-c6ccccc6)ccn5)cc(C(C)(C)C)c4)cccc32)c(-c2ccc(C(C)(C)C)cc2)cc1-c1ccccc1. The van der Waals surface area contributed by atoms with Crippen molar-refractivity contribution in [3.05, 3.63) is 192 Å². The highest BCUT2D eigenvalue weighted by Crippen LogP contribution is 2.46. The van der Waals surface area contributed by atoms with Gasteiger partial charge in [0.2, 0.25) is 0 Å². The van der Waals surface area contributed by atoms with Gasteiger partial charge in [-0.25, -0.2) is 4.98 Å². The Morgan fingerprint density at radius 2 is 1.13 bits per heavy atom. The summed E-state index contributed by atoms with van der Waals surface area (Å²) in [6, 6.07) is 57.0. The third-order valence-electron chi connectivity index (χ3n) is 13.4. The number of rotatable bonds is 9. The van der Waals surface area contributed by atoms with Crippen molar-refractivity contribution < 1.29 is 5.11 Å². The number of hydrogen-bond acceptors (Lipinski definition) is 3. The fourth-order valence-electron chi connectivity index (χ4n) is 9.33. The van der Waals surface area contributed by atoms with Gasteiger partial charge >= 0.3 is 0 Å². The van der Waals surface area contributed by atoms with Gasteiger partial charge in [0.1, 0.15) is 11.6 Å². The second-order valence-corrected chi connectivity index (χ2v) is 21.0. The number of benzene rings is 7. The highest BCUT2D eigenvalue weighted by atomic mass is 16.3. The number of nitrogens with zero attached hydrogens (tertiary/aromatic N) is 3. The van der Waals surface area contributed by atoms with Crippen molar-refractivity contribution >= 4 is 11.0 Å². The van der Waals surface area contributed by atoms with Crippen LogP contribution in [-0.2, 0) is 10.8 Å². The number of fused-ring (bicyclic) bond motifs is 1. The lowest BCUT2D eigenvalue weighted by Crippen LogP contribution is -2.11. The molecule has 1 N–H and O–H groups in total. The van der Waals surface area contributed by atoms with Gasteiger partial charge in [0.25, 0.3) is 0 Å². The van der Waals surface area contributed by atoms with Crippen molar-refractivity contribution in [3.63, 3.8) is 0 Å². The number of aromatic hydroxyl groups is 1. The lowest BCUT2D eigenvalue weighted by molar-refractivity contribution is 0.466. The van der Waals surface area contributed by atoms with Crippen molar-refractivity contribution in [2.75, 3.05) is 0 Å². The maximum atomic E-state index is 12.5. The number of aryl methyl sites for hydroxylation is 1. The van der Waals surface area contributed by atoms with Crippen molar-refractivity contribution in [3.8, 4) is 78.6 Å². The van der Waals surface area contributed by atoms with Gasteiger partial charge in [-0.05, 0) is 139 Å². The Morgan fingerprint density at radius 3 is 1.78 bits per heavy atom. The fourth-order valence-corrected chi connectivity index (χ4v) is 9.33. The molecular weight excluding hydrogens is 815 g/mol. The lowest BCUT2D eigenvalue weighted by Gasteiger charge is -2.22. The zero-order valence-corrected chi connectivity index (χ0v) is 41.0. The molecule has 4 heteroatoms. The largest absolute Gasteiger partial charge is 0.507 e. The minimum Gasteiger partial charge on any atom is -0.507 e. The first-order valence-corrected chi connectivity index (χ1v) is 23.8. The minimum absolute atomic E-state index is 0.00590. The van der Waals surface area contributed by atoms with Crippen LogP contribution >= 0.6 is 0 Å². The zero-order chi connectivity index (χ0) is 47.4. The number of imidazole rings is 1. The maximum absolute atomic E-state index is 12.5. The third-order valence-corrected chi connectivity index (χ3v) is 13.4. The van der Waals surface area contributed by atoms with E-state index < -0.39 is 0 Å². The molecule has 7 aromatic carbocycles. The van der Waals surface area contributed by atoms with E-state index in [1.54, 1.807) is 0 Å². The molecule has 0 radical (unpaired) electrons. The van der Waals surface area contributed by atoms with Gasteiger partial charge in [0.15, 0.2) is 0 Å². The molecule has 336 valence electrons. The predicted molar refractivity (Wildman–Crippen MR) is 283 cm³/mol. The number of phenolic OH excluding ortho intramolecular Hbond substituents is 1. The van der Waals surface area contributed by atoms with E-state index in [9.17, 15) is 5.11 Å². The Morgan fingerprint density at radius 1 is 0.493 bits per heavy atom. The Kier molecular flexibility index (Phi) is 11.9. The molecule has 67 heavy (non-hydrogen) atoms. The smallest absolute Gasteiger partial charge is 0.149 e. The Bertz CT molecular complexity index is 3250. The van der Waals surface area contributed by atoms with Crippen LogP contribution in [0.15, 0.2) is 164 Å². The summed E-state index contributed by atoms with van der Waals surface area (Å²) >= 11 is 0. The van der Waals surface area contributed by atoms with E-state index in [1.165, 1.54) is 22.3 Å². The van der Waals surface area contributed by atoms with Crippen LogP contribution in [0.2, 0.25) is 0 Å². The van der Waals surface area contributed by atoms with Crippen molar-refractivity contribution in [1.82, 2.24) is 14.5 Å². The molecule has 2 heterocycles. The van der Waals surface area contributed by atoms with Crippen LogP contribution in [0.25, 0.3) is 83.9 Å². The minimum atomic E-state index is -0.147. The average molecular weight is 878 g/mol. The summed E-state index contributed by atoms with van der Waals surface area (Å²) in [7, 11) is 0. The van der Waals surface area contributed by atoms with Gasteiger partial charge in [-0.2, -0.15) is 0 Å². The van der Waals surface area contributed by atoms with Crippen LogP contribution in [0.3, 0.4) is 0 Å². The van der Waals surface area contributed by atoms with Crippen LogP contribution in [-0.4, -0.2) is 19.6 Å². The van der Waals surface area contributed by atoms with Gasteiger partial charge in [-0.3, -0.25) is 9.55 Å². The highest BCUT2D eigenvalue weighted by molar-refractivity contribution is 5.98. The van der Waals surface area contributed by atoms with Gasteiger partial charge in [0.05, 0.1) is 28.0 Å². The topological polar surface area (TPSA) is 50.9 Å². The molecule has 0 saturated heterocycles. The van der Waals surface area contributed by atoms with Crippen LogP contribution in [0, 0.1) is 6.92 Å². The second-order valence-electron chi connectivity index (χ2n) is 21.0. The molecule has 0 saturated carbocycles. The second kappa shape index (κ2) is 17.6. The summed E-state index contributed by atoms with van der Waals surface area (Å²) < 4.78 is 2.32. The Balaban J connectivity index is 1.36. The van der Waals surface area contributed by atoms with E-state index in [-0.39, 0.29) is 28.4 Å². The monoisotopic (exact) mass is 877 g/mol. The molecule has 0 bridgehead atoms. The third kappa shape index (κ3) is 8.86. The summed E-state index contributed by atoms with van der Waals surface area (Å²) in [6.45, 7) is 24.5. The Labute approximate surface area is 398 Å². The number of para-hydroxylation sites is 1. The molecule has 0 spiro atoms. The number of aromatic nitrogens is 3. The normalized spacial score (nSPS) is 12.1. The van der Waals surface area contributed by atoms with Crippen LogP contribution in [0.5, 0.6) is 5.75 Å². The molecule has 2 aromatic heterocycles. The standard InChI is InChI=1S/C63H63N3O/c1-39(2)46-35-52(40(3)4)60(67)55(36-46)61-65-59-51(47-32-48(34-50(33-47)63(9,10)11)56-37-45(29-30-64-56)42-19-14-12-15-20-42)23-18-24-57(59)66(61)58-31-41(5)53(43-21-16-13-17-22-43)38-54(58)44-25-27-49(28-26-44)62(6,7)8/h12-40,67H,1-11H3. The van der Waals surface area contributed by atoms with Crippen molar-refractivity contribution in [2.24, 2.45) is 0 Å². The molecule has 4 nitrogen and oxygen atoms in total. The fraction of sp³-hybridized carbons (Fsp3) is 0.238. The van der Waals surface area contributed by atoms with E-state index in [4.69, 9.17) is 9.97 Å². The summed E-state index contributed by atoms with van der Waals surface area (Å²) in [6.07, 6.45) is 1.91.